The molecule has 0 aliphatic heterocycles. The van der Waals surface area contributed by atoms with E-state index in [0.29, 0.717) is 10.6 Å². The van der Waals surface area contributed by atoms with E-state index in [-0.39, 0.29) is 5.75 Å². The van der Waals surface area contributed by atoms with Gasteiger partial charge in [-0.3, -0.25) is 0 Å². The van der Waals surface area contributed by atoms with Crippen LogP contribution < -0.4 is 5.73 Å². The van der Waals surface area contributed by atoms with E-state index in [1.165, 1.54) is 11.3 Å². The Balaban J connectivity index is 2.33. The van der Waals surface area contributed by atoms with Gasteiger partial charge in [-0.2, -0.15) is 0 Å². The summed E-state index contributed by atoms with van der Waals surface area (Å²) in [5.41, 5.74) is 7.07. The van der Waals surface area contributed by atoms with Gasteiger partial charge in [-0.15, -0.1) is 11.3 Å². The van der Waals surface area contributed by atoms with Gasteiger partial charge in [0.15, 0.2) is 9.84 Å². The molecule has 0 aliphatic carbocycles. The molecule has 1 heterocycles. The third-order valence-electron chi connectivity index (χ3n) is 2.55. The van der Waals surface area contributed by atoms with Crippen molar-refractivity contribution in [2.75, 3.05) is 5.73 Å². The maximum Gasteiger partial charge on any atom is 0.183 e. The molecule has 0 bridgehead atoms. The molecule has 2 N–H and O–H groups in total. The Labute approximate surface area is 119 Å². The average molecular weight is 346 g/mol. The quantitative estimate of drug-likeness (QED) is 0.867. The lowest BCUT2D eigenvalue weighted by Gasteiger charge is -2.06. The number of hydrogen-bond donors (Lipinski definition) is 1. The number of hydrogen-bond acceptors (Lipinski definition) is 4. The highest BCUT2D eigenvalue weighted by molar-refractivity contribution is 9.10. The van der Waals surface area contributed by atoms with Gasteiger partial charge in [-0.25, -0.2) is 8.42 Å². The lowest BCUT2D eigenvalue weighted by molar-refractivity contribution is 0.595. The number of thiophene rings is 1. The normalized spacial score (nSPS) is 11.7. The third-order valence-corrected chi connectivity index (χ3v) is 6.10. The van der Waals surface area contributed by atoms with Crippen LogP contribution in [0.25, 0.3) is 0 Å². The Bertz CT molecular complexity index is 677. The fourth-order valence-corrected chi connectivity index (χ4v) is 4.77. The molecule has 0 saturated heterocycles. The molecule has 0 spiro atoms. The van der Waals surface area contributed by atoms with E-state index in [1.54, 1.807) is 25.1 Å². The summed E-state index contributed by atoms with van der Waals surface area (Å²) in [7, 11) is -3.31. The minimum atomic E-state index is -3.31. The van der Waals surface area contributed by atoms with Crippen molar-refractivity contribution in [2.45, 2.75) is 17.6 Å². The first-order valence-electron chi connectivity index (χ1n) is 5.20. The van der Waals surface area contributed by atoms with Gasteiger partial charge < -0.3 is 5.73 Å². The molecule has 1 aromatic carbocycles. The SMILES string of the molecule is Cc1cc(S(=O)(=O)Cc2cc(Br)cs2)ccc1N. The number of nitrogen functional groups attached to an aromatic ring is 1. The number of halogens is 1. The van der Waals surface area contributed by atoms with E-state index in [1.807, 2.05) is 11.4 Å². The summed E-state index contributed by atoms with van der Waals surface area (Å²) in [6.07, 6.45) is 0. The molecule has 18 heavy (non-hydrogen) atoms. The molecule has 0 aliphatic rings. The molecule has 0 saturated carbocycles. The summed E-state index contributed by atoms with van der Waals surface area (Å²) in [5.74, 6) is 0.0205. The van der Waals surface area contributed by atoms with Gasteiger partial charge in [0.05, 0.1) is 10.6 Å². The third kappa shape index (κ3) is 2.93. The van der Waals surface area contributed by atoms with Crippen LogP contribution in [-0.2, 0) is 15.6 Å². The fourth-order valence-electron chi connectivity index (χ4n) is 1.54. The van der Waals surface area contributed by atoms with Crippen LogP contribution in [0.4, 0.5) is 5.69 Å². The summed E-state index contributed by atoms with van der Waals surface area (Å²) in [6, 6.07) is 6.63. The number of anilines is 1. The summed E-state index contributed by atoms with van der Waals surface area (Å²) < 4.78 is 25.4. The smallest absolute Gasteiger partial charge is 0.183 e. The van der Waals surface area contributed by atoms with Gasteiger partial charge in [0.1, 0.15) is 0 Å². The molecule has 0 unspecified atom stereocenters. The number of rotatable bonds is 3. The van der Waals surface area contributed by atoms with Crippen molar-refractivity contribution < 1.29 is 8.42 Å². The number of aryl methyl sites for hydroxylation is 1. The summed E-state index contributed by atoms with van der Waals surface area (Å²) in [6.45, 7) is 1.80. The fraction of sp³-hybridized carbons (Fsp3) is 0.167. The van der Waals surface area contributed by atoms with Crippen LogP contribution in [0.1, 0.15) is 10.4 Å². The molecule has 0 radical (unpaired) electrons. The van der Waals surface area contributed by atoms with E-state index < -0.39 is 9.84 Å². The topological polar surface area (TPSA) is 60.2 Å². The molecule has 96 valence electrons. The molecule has 2 aromatic rings. The predicted molar refractivity (Wildman–Crippen MR) is 78.5 cm³/mol. The molecule has 0 atom stereocenters. The molecular formula is C12H12BrNO2S2. The highest BCUT2D eigenvalue weighted by atomic mass is 79.9. The van der Waals surface area contributed by atoms with Crippen LogP contribution in [-0.4, -0.2) is 8.42 Å². The first-order valence-corrected chi connectivity index (χ1v) is 8.53. The summed E-state index contributed by atoms with van der Waals surface area (Å²) in [4.78, 5) is 1.13. The first kappa shape index (κ1) is 13.6. The van der Waals surface area contributed by atoms with Gasteiger partial charge in [0.25, 0.3) is 0 Å². The van der Waals surface area contributed by atoms with Crippen molar-refractivity contribution in [3.05, 3.63) is 44.6 Å². The van der Waals surface area contributed by atoms with E-state index in [2.05, 4.69) is 15.9 Å². The average Bonchev–Trinajstić information content (AvgIpc) is 2.67. The predicted octanol–water partition coefficient (Wildman–Crippen LogP) is 3.38. The number of nitrogens with two attached hydrogens (primary N) is 1. The van der Waals surface area contributed by atoms with Crippen LogP contribution >= 0.6 is 27.3 Å². The Kier molecular flexibility index (Phi) is 3.79. The van der Waals surface area contributed by atoms with Gasteiger partial charge in [-0.1, -0.05) is 0 Å². The van der Waals surface area contributed by atoms with Gasteiger partial charge in [0, 0.05) is 20.4 Å². The summed E-state index contributed by atoms with van der Waals surface area (Å²) in [5, 5.41) is 1.87. The number of sulfone groups is 1. The first-order chi connectivity index (χ1) is 8.38. The van der Waals surface area contributed by atoms with E-state index in [9.17, 15) is 8.42 Å². The molecule has 6 heteroatoms. The van der Waals surface area contributed by atoms with Crippen molar-refractivity contribution in [1.82, 2.24) is 0 Å². The zero-order valence-corrected chi connectivity index (χ0v) is 12.9. The van der Waals surface area contributed by atoms with Crippen molar-refractivity contribution in [2.24, 2.45) is 0 Å². The second-order valence-electron chi connectivity index (χ2n) is 4.01. The van der Waals surface area contributed by atoms with Gasteiger partial charge >= 0.3 is 0 Å². The molecule has 2 rings (SSSR count). The highest BCUT2D eigenvalue weighted by Gasteiger charge is 2.17. The van der Waals surface area contributed by atoms with Crippen LogP contribution in [0.2, 0.25) is 0 Å². The van der Waals surface area contributed by atoms with Crippen LogP contribution in [0, 0.1) is 6.92 Å². The monoisotopic (exact) mass is 345 g/mol. The minimum Gasteiger partial charge on any atom is -0.399 e. The van der Waals surface area contributed by atoms with Crippen LogP contribution in [0.15, 0.2) is 39.0 Å². The number of benzene rings is 1. The Morgan fingerprint density at radius 1 is 1.33 bits per heavy atom. The Hall–Kier alpha value is -0.850. The van der Waals surface area contributed by atoms with Crippen LogP contribution in [0.3, 0.4) is 0 Å². The van der Waals surface area contributed by atoms with Gasteiger partial charge in [-0.05, 0) is 52.7 Å². The van der Waals surface area contributed by atoms with Crippen molar-refractivity contribution in [1.29, 1.82) is 0 Å². The second-order valence-corrected chi connectivity index (χ2v) is 7.91. The lowest BCUT2D eigenvalue weighted by Crippen LogP contribution is -2.04. The molecule has 0 amide bonds. The van der Waals surface area contributed by atoms with Crippen molar-refractivity contribution >= 4 is 42.8 Å². The van der Waals surface area contributed by atoms with Gasteiger partial charge in [0.2, 0.25) is 0 Å². The molecular weight excluding hydrogens is 334 g/mol. The van der Waals surface area contributed by atoms with E-state index in [0.717, 1.165) is 14.9 Å². The largest absolute Gasteiger partial charge is 0.399 e. The second kappa shape index (κ2) is 5.03. The molecule has 0 fully saturated rings. The highest BCUT2D eigenvalue weighted by Crippen LogP contribution is 2.25. The zero-order chi connectivity index (χ0) is 13.3. The standard InChI is InChI=1S/C12H12BrNO2S2/c1-8-4-11(2-3-12(8)14)18(15,16)7-10-5-9(13)6-17-10/h2-6H,7,14H2,1H3. The van der Waals surface area contributed by atoms with Crippen molar-refractivity contribution in [3.63, 3.8) is 0 Å². The Morgan fingerprint density at radius 2 is 2.06 bits per heavy atom. The lowest BCUT2D eigenvalue weighted by atomic mass is 10.2. The van der Waals surface area contributed by atoms with Crippen LogP contribution in [0.5, 0.6) is 0 Å². The van der Waals surface area contributed by atoms with Crippen molar-refractivity contribution in [3.8, 4) is 0 Å². The minimum absolute atomic E-state index is 0.0205. The molecule has 1 aromatic heterocycles. The molecule has 3 nitrogen and oxygen atoms in total. The van der Waals surface area contributed by atoms with E-state index >= 15 is 0 Å². The maximum absolute atomic E-state index is 12.2. The zero-order valence-electron chi connectivity index (χ0n) is 9.68. The summed E-state index contributed by atoms with van der Waals surface area (Å²) >= 11 is 4.74. The Morgan fingerprint density at radius 3 is 2.61 bits per heavy atom. The maximum atomic E-state index is 12.2. The van der Waals surface area contributed by atoms with E-state index in [4.69, 9.17) is 5.73 Å².